The Morgan fingerprint density at radius 3 is 2.60 bits per heavy atom. The Labute approximate surface area is 145 Å². The van der Waals surface area contributed by atoms with Gasteiger partial charge in [-0.15, -0.1) is 0 Å². The van der Waals surface area contributed by atoms with Crippen molar-refractivity contribution in [3.63, 3.8) is 0 Å². The van der Waals surface area contributed by atoms with Gasteiger partial charge in [0.25, 0.3) is 11.5 Å². The van der Waals surface area contributed by atoms with Crippen LogP contribution >= 0.6 is 0 Å². The van der Waals surface area contributed by atoms with Crippen molar-refractivity contribution in [2.75, 3.05) is 6.54 Å². The lowest BCUT2D eigenvalue weighted by Gasteiger charge is -2.42. The van der Waals surface area contributed by atoms with E-state index in [4.69, 9.17) is 0 Å². The maximum atomic E-state index is 12.6. The van der Waals surface area contributed by atoms with E-state index in [1.54, 1.807) is 18.3 Å². The second kappa shape index (κ2) is 6.16. The third kappa shape index (κ3) is 2.71. The molecule has 5 nitrogen and oxygen atoms in total. The number of amides is 1. The van der Waals surface area contributed by atoms with Crippen LogP contribution in [0.15, 0.2) is 65.7 Å². The van der Waals surface area contributed by atoms with Crippen LogP contribution in [-0.4, -0.2) is 21.8 Å². The molecule has 2 heterocycles. The number of fused-ring (bicyclic) bond motifs is 1. The van der Waals surface area contributed by atoms with Crippen LogP contribution in [0, 0.1) is 0 Å². The molecule has 2 aromatic heterocycles. The van der Waals surface area contributed by atoms with E-state index in [2.05, 4.69) is 22.4 Å². The van der Waals surface area contributed by atoms with E-state index in [1.165, 1.54) is 16.2 Å². The first-order chi connectivity index (χ1) is 12.2. The van der Waals surface area contributed by atoms with Gasteiger partial charge in [0.15, 0.2) is 0 Å². The summed E-state index contributed by atoms with van der Waals surface area (Å²) in [6, 6.07) is 15.6. The van der Waals surface area contributed by atoms with Gasteiger partial charge in [-0.3, -0.25) is 14.0 Å². The zero-order chi connectivity index (χ0) is 17.3. The SMILES string of the molecule is O=C(NCC1(c2ccccc2)CCC1)c1cnc2ccccn2c1=O. The van der Waals surface area contributed by atoms with Gasteiger partial charge in [0.05, 0.1) is 0 Å². The lowest BCUT2D eigenvalue weighted by molar-refractivity contribution is 0.0926. The summed E-state index contributed by atoms with van der Waals surface area (Å²) in [6.07, 6.45) is 6.24. The van der Waals surface area contributed by atoms with Crippen LogP contribution in [0.3, 0.4) is 0 Å². The van der Waals surface area contributed by atoms with Crippen molar-refractivity contribution in [3.8, 4) is 0 Å². The third-order valence-electron chi connectivity index (χ3n) is 5.14. The standard InChI is InChI=1S/C20H19N3O2/c24-18(16-13-21-17-9-4-5-12-23(17)19(16)25)22-14-20(10-6-11-20)15-7-2-1-3-8-15/h1-5,7-9,12-13H,6,10-11,14H2,(H,22,24). The molecular formula is C20H19N3O2. The Kier molecular flexibility index (Phi) is 3.84. The van der Waals surface area contributed by atoms with Gasteiger partial charge in [0.1, 0.15) is 11.2 Å². The summed E-state index contributed by atoms with van der Waals surface area (Å²) >= 11 is 0. The summed E-state index contributed by atoms with van der Waals surface area (Å²) in [5.41, 5.74) is 1.49. The molecule has 1 aliphatic rings. The molecule has 25 heavy (non-hydrogen) atoms. The number of aromatic nitrogens is 2. The van der Waals surface area contributed by atoms with Crippen molar-refractivity contribution >= 4 is 11.6 Å². The quantitative estimate of drug-likeness (QED) is 0.798. The van der Waals surface area contributed by atoms with Crippen molar-refractivity contribution < 1.29 is 4.79 Å². The normalized spacial score (nSPS) is 15.5. The van der Waals surface area contributed by atoms with Crippen molar-refractivity contribution in [2.45, 2.75) is 24.7 Å². The maximum Gasteiger partial charge on any atom is 0.270 e. The predicted octanol–water partition coefficient (Wildman–Crippen LogP) is 2.55. The number of pyridine rings is 1. The molecule has 126 valence electrons. The molecule has 1 fully saturated rings. The lowest BCUT2D eigenvalue weighted by atomic mass is 9.64. The molecule has 3 aromatic rings. The number of benzene rings is 1. The molecule has 1 saturated carbocycles. The van der Waals surface area contributed by atoms with E-state index in [0.717, 1.165) is 19.3 Å². The Morgan fingerprint density at radius 1 is 1.12 bits per heavy atom. The van der Waals surface area contributed by atoms with Crippen molar-refractivity contribution in [3.05, 3.63) is 82.4 Å². The van der Waals surface area contributed by atoms with Gasteiger partial charge in [-0.25, -0.2) is 4.98 Å². The number of nitrogens with zero attached hydrogens (tertiary/aromatic N) is 2. The number of nitrogens with one attached hydrogen (secondary N) is 1. The van der Waals surface area contributed by atoms with Gasteiger partial charge in [-0.1, -0.05) is 42.8 Å². The van der Waals surface area contributed by atoms with E-state index in [9.17, 15) is 9.59 Å². The topological polar surface area (TPSA) is 63.5 Å². The molecule has 0 radical (unpaired) electrons. The summed E-state index contributed by atoms with van der Waals surface area (Å²) in [5, 5.41) is 2.95. The Balaban J connectivity index is 1.57. The van der Waals surface area contributed by atoms with Gasteiger partial charge in [-0.2, -0.15) is 0 Å². The maximum absolute atomic E-state index is 12.6. The Morgan fingerprint density at radius 2 is 1.88 bits per heavy atom. The molecule has 0 saturated heterocycles. The van der Waals surface area contributed by atoms with E-state index in [0.29, 0.717) is 12.2 Å². The van der Waals surface area contributed by atoms with Gasteiger partial charge in [-0.05, 0) is 30.5 Å². The summed E-state index contributed by atoms with van der Waals surface area (Å²) in [7, 11) is 0. The molecule has 1 amide bonds. The van der Waals surface area contributed by atoms with Crippen LogP contribution in [0.25, 0.3) is 5.65 Å². The van der Waals surface area contributed by atoms with E-state index in [1.807, 2.05) is 24.3 Å². The lowest BCUT2D eigenvalue weighted by Crippen LogP contribution is -2.46. The van der Waals surface area contributed by atoms with Crippen LogP contribution in [0.1, 0.15) is 35.2 Å². The molecule has 1 aromatic carbocycles. The molecule has 5 heteroatoms. The van der Waals surface area contributed by atoms with Crippen LogP contribution in [0.2, 0.25) is 0 Å². The molecular weight excluding hydrogens is 314 g/mol. The molecule has 0 spiro atoms. The highest BCUT2D eigenvalue weighted by atomic mass is 16.2. The van der Waals surface area contributed by atoms with E-state index in [-0.39, 0.29) is 22.4 Å². The average molecular weight is 333 g/mol. The largest absolute Gasteiger partial charge is 0.351 e. The monoisotopic (exact) mass is 333 g/mol. The second-order valence-corrected chi connectivity index (χ2v) is 6.59. The summed E-state index contributed by atoms with van der Waals surface area (Å²) < 4.78 is 1.39. The Bertz CT molecular complexity index is 975. The molecule has 4 rings (SSSR count). The fraction of sp³-hybridized carbons (Fsp3) is 0.250. The third-order valence-corrected chi connectivity index (χ3v) is 5.14. The first-order valence-electron chi connectivity index (χ1n) is 8.50. The molecule has 1 N–H and O–H groups in total. The van der Waals surface area contributed by atoms with Crippen LogP contribution < -0.4 is 10.9 Å². The first-order valence-corrected chi connectivity index (χ1v) is 8.50. The van der Waals surface area contributed by atoms with Crippen LogP contribution in [0.5, 0.6) is 0 Å². The van der Waals surface area contributed by atoms with Gasteiger partial charge >= 0.3 is 0 Å². The highest BCUT2D eigenvalue weighted by molar-refractivity contribution is 5.93. The minimum Gasteiger partial charge on any atom is -0.351 e. The summed E-state index contributed by atoms with van der Waals surface area (Å²) in [6.45, 7) is 0.535. The van der Waals surface area contributed by atoms with E-state index >= 15 is 0 Å². The number of hydrogen-bond donors (Lipinski definition) is 1. The number of carbonyl (C=O) groups is 1. The van der Waals surface area contributed by atoms with Gasteiger partial charge < -0.3 is 5.32 Å². The van der Waals surface area contributed by atoms with Gasteiger partial charge in [0.2, 0.25) is 0 Å². The van der Waals surface area contributed by atoms with Crippen molar-refractivity contribution in [1.82, 2.24) is 14.7 Å². The molecule has 1 aliphatic carbocycles. The van der Waals surface area contributed by atoms with Crippen molar-refractivity contribution in [1.29, 1.82) is 0 Å². The summed E-state index contributed by atoms with van der Waals surface area (Å²) in [4.78, 5) is 29.3. The first kappa shape index (κ1) is 15.6. The minimum atomic E-state index is -0.363. The highest BCUT2D eigenvalue weighted by Crippen LogP contribution is 2.43. The summed E-state index contributed by atoms with van der Waals surface area (Å²) in [5.74, 6) is -0.363. The zero-order valence-electron chi connectivity index (χ0n) is 13.8. The van der Waals surface area contributed by atoms with Crippen molar-refractivity contribution in [2.24, 2.45) is 0 Å². The molecule has 0 aliphatic heterocycles. The molecule has 0 bridgehead atoms. The predicted molar refractivity (Wildman–Crippen MR) is 95.8 cm³/mol. The second-order valence-electron chi connectivity index (χ2n) is 6.59. The molecule has 0 atom stereocenters. The fourth-order valence-corrected chi connectivity index (χ4v) is 3.49. The smallest absolute Gasteiger partial charge is 0.270 e. The fourth-order valence-electron chi connectivity index (χ4n) is 3.49. The Hall–Kier alpha value is -2.95. The highest BCUT2D eigenvalue weighted by Gasteiger charge is 2.38. The number of carbonyl (C=O) groups excluding carboxylic acids is 1. The van der Waals surface area contributed by atoms with Crippen LogP contribution in [-0.2, 0) is 5.41 Å². The van der Waals surface area contributed by atoms with Crippen LogP contribution in [0.4, 0.5) is 0 Å². The van der Waals surface area contributed by atoms with Gasteiger partial charge in [0, 0.05) is 24.4 Å². The number of hydrogen-bond acceptors (Lipinski definition) is 3. The molecule has 0 unspecified atom stereocenters. The van der Waals surface area contributed by atoms with E-state index < -0.39 is 0 Å². The minimum absolute atomic E-state index is 0.0165. The number of rotatable bonds is 4. The average Bonchev–Trinajstić information content (AvgIpc) is 2.62. The zero-order valence-corrected chi connectivity index (χ0v) is 13.8.